The van der Waals surface area contributed by atoms with Crippen molar-refractivity contribution in [2.24, 2.45) is 0 Å². The maximum atomic E-state index is 13.8. The molecule has 2 fully saturated rings. The van der Waals surface area contributed by atoms with Gasteiger partial charge in [0.1, 0.15) is 18.8 Å². The van der Waals surface area contributed by atoms with Crippen molar-refractivity contribution >= 4 is 28.0 Å². The van der Waals surface area contributed by atoms with Crippen molar-refractivity contribution in [1.29, 1.82) is 0 Å². The van der Waals surface area contributed by atoms with Gasteiger partial charge in [-0.05, 0) is 52.8 Å². The van der Waals surface area contributed by atoms with E-state index in [9.17, 15) is 14.7 Å². The standard InChI is InChI=1S/C31H30BrNO5/c32-22-9-7-8-21(16-22)31(38-18-28(34)35)19-30(14-5-6-15-30)33(20-31)29(36)37-17-27-25-12-3-1-10-23(25)24-11-2-4-13-26(24)27/h1-4,7-13,16,27H,5-6,14-15,17-20H2,(H,34,35). The molecule has 3 aliphatic rings. The van der Waals surface area contributed by atoms with Crippen molar-refractivity contribution in [3.63, 3.8) is 0 Å². The Bertz CT molecular complexity index is 1340. The van der Waals surface area contributed by atoms with Crippen LogP contribution in [0, 0.1) is 0 Å². The van der Waals surface area contributed by atoms with Crippen molar-refractivity contribution < 1.29 is 24.2 Å². The number of hydrogen-bond donors (Lipinski definition) is 1. The lowest BCUT2D eigenvalue weighted by Crippen LogP contribution is -2.46. The molecule has 196 valence electrons. The number of halogens is 1. The molecule has 1 unspecified atom stereocenters. The molecule has 1 heterocycles. The van der Waals surface area contributed by atoms with Crippen LogP contribution >= 0.6 is 15.9 Å². The largest absolute Gasteiger partial charge is 0.480 e. The van der Waals surface area contributed by atoms with E-state index in [0.717, 1.165) is 35.7 Å². The van der Waals surface area contributed by atoms with Gasteiger partial charge in [0.05, 0.1) is 6.54 Å². The van der Waals surface area contributed by atoms with Gasteiger partial charge in [0.25, 0.3) is 0 Å². The normalized spacial score (nSPS) is 21.4. The number of likely N-dealkylation sites (tertiary alicyclic amines) is 1. The summed E-state index contributed by atoms with van der Waals surface area (Å²) in [7, 11) is 0. The third-order valence-corrected chi connectivity index (χ3v) is 9.01. The summed E-state index contributed by atoms with van der Waals surface area (Å²) in [5, 5.41) is 9.45. The first-order chi connectivity index (χ1) is 18.4. The van der Waals surface area contributed by atoms with E-state index in [1.54, 1.807) is 0 Å². The molecular formula is C31H30BrNO5. The summed E-state index contributed by atoms with van der Waals surface area (Å²) in [5.41, 5.74) is 4.26. The highest BCUT2D eigenvalue weighted by Gasteiger charge is 2.58. The average Bonchev–Trinajstić information content (AvgIpc) is 3.62. The summed E-state index contributed by atoms with van der Waals surface area (Å²) in [6.07, 6.45) is 3.92. The van der Waals surface area contributed by atoms with E-state index >= 15 is 0 Å². The first-order valence-corrected chi connectivity index (χ1v) is 13.9. The molecule has 1 atom stereocenters. The van der Waals surface area contributed by atoms with Crippen molar-refractivity contribution in [2.45, 2.75) is 49.2 Å². The summed E-state index contributed by atoms with van der Waals surface area (Å²) < 4.78 is 13.1. The predicted octanol–water partition coefficient (Wildman–Crippen LogP) is 6.71. The van der Waals surface area contributed by atoms with Gasteiger partial charge in [-0.3, -0.25) is 4.90 Å². The minimum absolute atomic E-state index is 0.0217. The third kappa shape index (κ3) is 4.31. The lowest BCUT2D eigenvalue weighted by Gasteiger charge is -2.34. The zero-order valence-corrected chi connectivity index (χ0v) is 22.7. The van der Waals surface area contributed by atoms with E-state index in [1.807, 2.05) is 53.4 Å². The Balaban J connectivity index is 1.29. The van der Waals surface area contributed by atoms with Crippen LogP contribution in [0.1, 0.15) is 54.7 Å². The van der Waals surface area contributed by atoms with E-state index in [1.165, 1.54) is 22.3 Å². The molecule has 0 bridgehead atoms. The molecule has 0 radical (unpaired) electrons. The van der Waals surface area contributed by atoms with Gasteiger partial charge in [-0.15, -0.1) is 0 Å². The lowest BCUT2D eigenvalue weighted by atomic mass is 9.84. The van der Waals surface area contributed by atoms with Gasteiger partial charge in [-0.1, -0.05) is 89.4 Å². The summed E-state index contributed by atoms with van der Waals surface area (Å²) in [6, 6.07) is 24.4. The molecule has 0 aromatic heterocycles. The number of carbonyl (C=O) groups excluding carboxylic acids is 1. The molecule has 2 aliphatic carbocycles. The van der Waals surface area contributed by atoms with Crippen molar-refractivity contribution in [2.75, 3.05) is 19.8 Å². The molecular weight excluding hydrogens is 546 g/mol. The number of fused-ring (bicyclic) bond motifs is 3. The van der Waals surface area contributed by atoms with Crippen LogP contribution in [0.3, 0.4) is 0 Å². The summed E-state index contributed by atoms with van der Waals surface area (Å²) in [4.78, 5) is 27.2. The van der Waals surface area contributed by atoms with Crippen LogP contribution < -0.4 is 0 Å². The van der Waals surface area contributed by atoms with Gasteiger partial charge in [0.2, 0.25) is 0 Å². The molecule has 6 rings (SSSR count). The number of rotatable bonds is 6. The summed E-state index contributed by atoms with van der Waals surface area (Å²) >= 11 is 3.54. The SMILES string of the molecule is O=C(O)COC1(c2cccc(Br)c2)CN(C(=O)OCC2c3ccccc3-c3ccccc32)C2(CCCC2)C1. The number of aliphatic carboxylic acids is 1. The predicted molar refractivity (Wildman–Crippen MR) is 147 cm³/mol. The fraction of sp³-hybridized carbons (Fsp3) is 0.355. The van der Waals surface area contributed by atoms with E-state index in [-0.39, 0.29) is 25.2 Å². The second-order valence-electron chi connectivity index (χ2n) is 10.7. The van der Waals surface area contributed by atoms with Gasteiger partial charge >= 0.3 is 12.1 Å². The molecule has 1 saturated carbocycles. The topological polar surface area (TPSA) is 76.1 Å². The first kappa shape index (κ1) is 25.1. The fourth-order valence-electron chi connectivity index (χ4n) is 6.86. The highest BCUT2D eigenvalue weighted by Crippen LogP contribution is 2.52. The minimum atomic E-state index is -1.03. The number of carboxylic acids is 1. The Kier molecular flexibility index (Phi) is 6.52. The monoisotopic (exact) mass is 575 g/mol. The molecule has 1 N–H and O–H groups in total. The van der Waals surface area contributed by atoms with Crippen LogP contribution in [0.25, 0.3) is 11.1 Å². The van der Waals surface area contributed by atoms with Crippen molar-refractivity contribution in [3.8, 4) is 11.1 Å². The number of benzene rings is 3. The number of carbonyl (C=O) groups is 2. The minimum Gasteiger partial charge on any atom is -0.480 e. The highest BCUT2D eigenvalue weighted by molar-refractivity contribution is 9.10. The van der Waals surface area contributed by atoms with Crippen LogP contribution in [0.4, 0.5) is 4.79 Å². The molecule has 6 nitrogen and oxygen atoms in total. The van der Waals surface area contributed by atoms with Gasteiger partial charge < -0.3 is 14.6 Å². The quantitative estimate of drug-likeness (QED) is 0.353. The summed E-state index contributed by atoms with van der Waals surface area (Å²) in [5.74, 6) is -1.05. The molecule has 1 amide bonds. The zero-order valence-electron chi connectivity index (χ0n) is 21.1. The van der Waals surface area contributed by atoms with Gasteiger partial charge in [0, 0.05) is 22.4 Å². The Hall–Kier alpha value is -3.16. The van der Waals surface area contributed by atoms with E-state index in [4.69, 9.17) is 9.47 Å². The van der Waals surface area contributed by atoms with Gasteiger partial charge in [-0.2, -0.15) is 0 Å². The molecule has 3 aromatic carbocycles. The van der Waals surface area contributed by atoms with Crippen molar-refractivity contribution in [3.05, 3.63) is 94.0 Å². The van der Waals surface area contributed by atoms with Crippen LogP contribution in [-0.4, -0.2) is 47.4 Å². The summed E-state index contributed by atoms with van der Waals surface area (Å²) in [6.45, 7) is 0.0772. The van der Waals surface area contributed by atoms with Crippen LogP contribution in [0.2, 0.25) is 0 Å². The first-order valence-electron chi connectivity index (χ1n) is 13.2. The number of ether oxygens (including phenoxy) is 2. The Morgan fingerprint density at radius 1 is 0.947 bits per heavy atom. The molecule has 1 aliphatic heterocycles. The molecule has 1 spiro atoms. The second-order valence-corrected chi connectivity index (χ2v) is 11.6. The fourth-order valence-corrected chi connectivity index (χ4v) is 7.26. The van der Waals surface area contributed by atoms with E-state index in [0.29, 0.717) is 6.42 Å². The van der Waals surface area contributed by atoms with Crippen molar-refractivity contribution in [1.82, 2.24) is 4.90 Å². The van der Waals surface area contributed by atoms with E-state index in [2.05, 4.69) is 40.2 Å². The number of nitrogens with zero attached hydrogens (tertiary/aromatic N) is 1. The highest BCUT2D eigenvalue weighted by atomic mass is 79.9. The molecule has 7 heteroatoms. The smallest absolute Gasteiger partial charge is 0.410 e. The third-order valence-electron chi connectivity index (χ3n) is 8.51. The maximum absolute atomic E-state index is 13.8. The lowest BCUT2D eigenvalue weighted by molar-refractivity contribution is -0.150. The van der Waals surface area contributed by atoms with Crippen LogP contribution in [0.15, 0.2) is 77.3 Å². The number of hydrogen-bond acceptors (Lipinski definition) is 4. The number of amides is 1. The zero-order chi connectivity index (χ0) is 26.3. The Morgan fingerprint density at radius 3 is 2.24 bits per heavy atom. The second kappa shape index (κ2) is 9.86. The maximum Gasteiger partial charge on any atom is 0.410 e. The molecule has 38 heavy (non-hydrogen) atoms. The van der Waals surface area contributed by atoms with Crippen LogP contribution in [0.5, 0.6) is 0 Å². The van der Waals surface area contributed by atoms with Gasteiger partial charge in [0.15, 0.2) is 0 Å². The number of carboxylic acid groups (broad SMARTS) is 1. The molecule has 3 aromatic rings. The molecule has 1 saturated heterocycles. The van der Waals surface area contributed by atoms with Crippen LogP contribution in [-0.2, 0) is 19.9 Å². The van der Waals surface area contributed by atoms with Gasteiger partial charge in [-0.25, -0.2) is 9.59 Å². The van der Waals surface area contributed by atoms with E-state index < -0.39 is 23.7 Å². The Labute approximate surface area is 230 Å². The Morgan fingerprint density at radius 2 is 1.61 bits per heavy atom. The average molecular weight is 576 g/mol.